The fraction of sp³-hybridized carbons (Fsp3) is 0.385. The Morgan fingerprint density at radius 3 is 2.94 bits per heavy atom. The van der Waals surface area contributed by atoms with Crippen LogP contribution in [0.15, 0.2) is 23.0 Å². The molecule has 0 aliphatic carbocycles. The van der Waals surface area contributed by atoms with Crippen molar-refractivity contribution in [1.29, 1.82) is 0 Å². The molecule has 87 valence electrons. The van der Waals surface area contributed by atoms with Crippen LogP contribution in [0.25, 0.3) is 10.9 Å². The first-order chi connectivity index (χ1) is 8.34. The third-order valence-corrected chi connectivity index (χ3v) is 3.17. The molecule has 1 fully saturated rings. The summed E-state index contributed by atoms with van der Waals surface area (Å²) in [6, 6.07) is 8.37. The lowest BCUT2D eigenvalue weighted by atomic mass is 10.1. The molecule has 1 aromatic heterocycles. The lowest BCUT2D eigenvalue weighted by Gasteiger charge is -2.27. The van der Waals surface area contributed by atoms with E-state index in [2.05, 4.69) is 20.9 Å². The van der Waals surface area contributed by atoms with E-state index in [4.69, 9.17) is 0 Å². The molecule has 1 N–H and O–H groups in total. The molecule has 1 aromatic carbocycles. The summed E-state index contributed by atoms with van der Waals surface area (Å²) >= 11 is 0. The van der Waals surface area contributed by atoms with Crippen LogP contribution in [0.4, 0.5) is 5.95 Å². The maximum Gasteiger partial charge on any atom is 0.260 e. The Balaban J connectivity index is 2.08. The molecule has 4 nitrogen and oxygen atoms in total. The molecule has 0 saturated carbocycles. The van der Waals surface area contributed by atoms with E-state index < -0.39 is 0 Å². The number of aromatic nitrogens is 2. The van der Waals surface area contributed by atoms with Crippen LogP contribution in [0.1, 0.15) is 19.3 Å². The Bertz CT molecular complexity index is 584. The van der Waals surface area contributed by atoms with Crippen LogP contribution in [-0.4, -0.2) is 23.1 Å². The molecule has 0 spiro atoms. The largest absolute Gasteiger partial charge is 0.342 e. The van der Waals surface area contributed by atoms with Crippen LogP contribution in [-0.2, 0) is 0 Å². The molecule has 2 aromatic rings. The topological polar surface area (TPSA) is 49.0 Å². The van der Waals surface area contributed by atoms with E-state index in [-0.39, 0.29) is 5.56 Å². The summed E-state index contributed by atoms with van der Waals surface area (Å²) in [5, 5.41) is 0.535. The standard InChI is InChI=1S/C13H14N3O/c17-12-10-6-2-3-7-11(10)14-13(15-12)16-8-4-1-5-9-16/h2-3,7H,1,4-5,8-9H2,(H,14,15,17). The van der Waals surface area contributed by atoms with Crippen LogP contribution in [0.2, 0.25) is 0 Å². The minimum absolute atomic E-state index is 0.101. The minimum atomic E-state index is -0.101. The summed E-state index contributed by atoms with van der Waals surface area (Å²) in [5.41, 5.74) is 0.619. The Labute approximate surface area is 99.3 Å². The van der Waals surface area contributed by atoms with Crippen molar-refractivity contribution < 1.29 is 0 Å². The summed E-state index contributed by atoms with van der Waals surface area (Å²) in [7, 11) is 0. The number of aromatic amines is 1. The highest BCUT2D eigenvalue weighted by molar-refractivity contribution is 5.77. The van der Waals surface area contributed by atoms with Crippen LogP contribution >= 0.6 is 0 Å². The molecule has 0 atom stereocenters. The number of hydrogen-bond acceptors (Lipinski definition) is 3. The Morgan fingerprint density at radius 1 is 1.29 bits per heavy atom. The molecular formula is C13H14N3O. The predicted molar refractivity (Wildman–Crippen MR) is 67.3 cm³/mol. The highest BCUT2D eigenvalue weighted by Crippen LogP contribution is 2.16. The summed E-state index contributed by atoms with van der Waals surface area (Å²) in [5.74, 6) is 0.696. The number of rotatable bonds is 1. The highest BCUT2D eigenvalue weighted by atomic mass is 16.1. The maximum absolute atomic E-state index is 11.9. The van der Waals surface area contributed by atoms with E-state index in [0.29, 0.717) is 11.3 Å². The second kappa shape index (κ2) is 4.20. The van der Waals surface area contributed by atoms with Gasteiger partial charge in [0.25, 0.3) is 5.56 Å². The molecule has 1 radical (unpaired) electrons. The average molecular weight is 228 g/mol. The molecule has 1 saturated heterocycles. The molecule has 0 bridgehead atoms. The molecule has 1 aliphatic heterocycles. The number of benzene rings is 1. The van der Waals surface area contributed by atoms with Gasteiger partial charge >= 0.3 is 0 Å². The van der Waals surface area contributed by atoms with Gasteiger partial charge in [-0.1, -0.05) is 12.1 Å². The number of H-pyrrole nitrogens is 1. The van der Waals surface area contributed by atoms with Gasteiger partial charge in [-0.25, -0.2) is 4.98 Å². The quantitative estimate of drug-likeness (QED) is 0.808. The average Bonchev–Trinajstić information content (AvgIpc) is 2.40. The Kier molecular flexibility index (Phi) is 2.55. The van der Waals surface area contributed by atoms with Crippen LogP contribution in [0, 0.1) is 6.07 Å². The Hall–Kier alpha value is -1.84. The van der Waals surface area contributed by atoms with Gasteiger partial charge in [0.1, 0.15) is 0 Å². The van der Waals surface area contributed by atoms with E-state index >= 15 is 0 Å². The third-order valence-electron chi connectivity index (χ3n) is 3.17. The molecule has 1 aliphatic rings. The van der Waals surface area contributed by atoms with Gasteiger partial charge in [-0.3, -0.25) is 9.78 Å². The molecule has 0 unspecified atom stereocenters. The summed E-state index contributed by atoms with van der Waals surface area (Å²) < 4.78 is 0. The second-order valence-electron chi connectivity index (χ2n) is 4.37. The van der Waals surface area contributed by atoms with Crippen LogP contribution in [0.3, 0.4) is 0 Å². The number of nitrogens with one attached hydrogen (secondary N) is 1. The van der Waals surface area contributed by atoms with Gasteiger partial charge in [-0.15, -0.1) is 0 Å². The molecule has 17 heavy (non-hydrogen) atoms. The van der Waals surface area contributed by atoms with Gasteiger partial charge in [0.2, 0.25) is 5.95 Å². The smallest absolute Gasteiger partial charge is 0.260 e. The lowest BCUT2D eigenvalue weighted by molar-refractivity contribution is 0.568. The normalized spacial score (nSPS) is 16.4. The van der Waals surface area contributed by atoms with Crippen molar-refractivity contribution in [2.45, 2.75) is 19.3 Å². The second-order valence-corrected chi connectivity index (χ2v) is 4.37. The van der Waals surface area contributed by atoms with E-state index in [1.54, 1.807) is 6.07 Å². The fourth-order valence-electron chi connectivity index (χ4n) is 2.26. The van der Waals surface area contributed by atoms with Gasteiger partial charge in [0.15, 0.2) is 0 Å². The van der Waals surface area contributed by atoms with Crippen molar-refractivity contribution in [2.75, 3.05) is 18.0 Å². The number of anilines is 1. The van der Waals surface area contributed by atoms with Gasteiger partial charge in [0, 0.05) is 13.1 Å². The zero-order chi connectivity index (χ0) is 11.7. The first-order valence-corrected chi connectivity index (χ1v) is 6.00. The highest BCUT2D eigenvalue weighted by Gasteiger charge is 2.14. The fourth-order valence-corrected chi connectivity index (χ4v) is 2.26. The molecule has 2 heterocycles. The van der Waals surface area contributed by atoms with Crippen molar-refractivity contribution in [3.05, 3.63) is 34.6 Å². The summed E-state index contributed by atoms with van der Waals surface area (Å²) in [4.78, 5) is 21.4. The third kappa shape index (κ3) is 1.90. The summed E-state index contributed by atoms with van der Waals surface area (Å²) in [6.45, 7) is 1.95. The zero-order valence-electron chi connectivity index (χ0n) is 9.57. The van der Waals surface area contributed by atoms with Crippen molar-refractivity contribution in [2.24, 2.45) is 0 Å². The van der Waals surface area contributed by atoms with Gasteiger partial charge in [-0.05, 0) is 31.4 Å². The monoisotopic (exact) mass is 228 g/mol. The van der Waals surface area contributed by atoms with Crippen LogP contribution in [0.5, 0.6) is 0 Å². The zero-order valence-corrected chi connectivity index (χ0v) is 9.57. The SMILES string of the molecule is O=c1[nH]c(N2CCCCC2)nc2ccc[c]c12. The number of fused-ring (bicyclic) bond motifs is 1. The van der Waals surface area contributed by atoms with Crippen molar-refractivity contribution in [3.63, 3.8) is 0 Å². The minimum Gasteiger partial charge on any atom is -0.342 e. The first kappa shape index (κ1) is 10.3. The molecule has 0 amide bonds. The summed E-state index contributed by atoms with van der Waals surface area (Å²) in [6.07, 6.45) is 3.60. The van der Waals surface area contributed by atoms with Gasteiger partial charge in [-0.2, -0.15) is 0 Å². The Morgan fingerprint density at radius 2 is 2.12 bits per heavy atom. The number of hydrogen-bond donors (Lipinski definition) is 1. The van der Waals surface area contributed by atoms with E-state index in [1.165, 1.54) is 19.3 Å². The number of nitrogens with zero attached hydrogens (tertiary/aromatic N) is 2. The predicted octanol–water partition coefficient (Wildman–Crippen LogP) is 1.71. The maximum atomic E-state index is 11.9. The van der Waals surface area contributed by atoms with E-state index in [1.807, 2.05) is 12.1 Å². The van der Waals surface area contributed by atoms with Crippen molar-refractivity contribution in [3.8, 4) is 0 Å². The first-order valence-electron chi connectivity index (χ1n) is 6.00. The van der Waals surface area contributed by atoms with E-state index in [9.17, 15) is 4.79 Å². The molecule has 4 heteroatoms. The lowest BCUT2D eigenvalue weighted by Crippen LogP contribution is -2.32. The number of piperidine rings is 1. The van der Waals surface area contributed by atoms with Crippen LogP contribution < -0.4 is 10.5 Å². The molecule has 3 rings (SSSR count). The van der Waals surface area contributed by atoms with Gasteiger partial charge < -0.3 is 4.90 Å². The molecular weight excluding hydrogens is 214 g/mol. The van der Waals surface area contributed by atoms with Crippen molar-refractivity contribution >= 4 is 16.9 Å². The van der Waals surface area contributed by atoms with Crippen molar-refractivity contribution in [1.82, 2.24) is 9.97 Å². The van der Waals surface area contributed by atoms with E-state index in [0.717, 1.165) is 18.6 Å². The van der Waals surface area contributed by atoms with Gasteiger partial charge in [0.05, 0.1) is 10.9 Å².